The Morgan fingerprint density at radius 2 is 1.85 bits per heavy atom. The van der Waals surface area contributed by atoms with E-state index in [1.807, 2.05) is 41.8 Å². The number of phenolic OH excluding ortho intramolecular Hbond substituents is 1. The van der Waals surface area contributed by atoms with Crippen molar-refractivity contribution in [2.75, 3.05) is 5.32 Å². The highest BCUT2D eigenvalue weighted by atomic mass is 79.9. The van der Waals surface area contributed by atoms with Crippen LogP contribution in [-0.4, -0.2) is 20.7 Å². The molecule has 2 aliphatic rings. The number of aromatic nitrogens is 2. The Morgan fingerprint density at radius 3 is 2.62 bits per heavy atom. The molecular weight excluding hydrogens is 514 g/mol. The second-order valence-electron chi connectivity index (χ2n) is 8.57. The van der Waals surface area contributed by atoms with Crippen LogP contribution in [0.15, 0.2) is 86.6 Å². The Bertz CT molecular complexity index is 1500. The zero-order chi connectivity index (χ0) is 23.4. The van der Waals surface area contributed by atoms with Crippen molar-refractivity contribution < 1.29 is 9.90 Å². The molecule has 4 aromatic rings. The van der Waals surface area contributed by atoms with Crippen molar-refractivity contribution in [1.82, 2.24) is 9.78 Å². The maximum atomic E-state index is 13.7. The second kappa shape index (κ2) is 8.14. The number of rotatable bonds is 3. The van der Waals surface area contributed by atoms with Crippen LogP contribution >= 0.6 is 27.3 Å². The summed E-state index contributed by atoms with van der Waals surface area (Å²) >= 11 is 5.14. The number of fused-ring (bicyclic) bond motifs is 1. The molecule has 0 fully saturated rings. The zero-order valence-corrected chi connectivity index (χ0v) is 20.3. The van der Waals surface area contributed by atoms with Gasteiger partial charge >= 0.3 is 0 Å². The topological polar surface area (TPSA) is 87.1 Å². The molecule has 0 amide bonds. The predicted octanol–water partition coefficient (Wildman–Crippen LogP) is 5.65. The number of ketones is 1. The van der Waals surface area contributed by atoms with Crippen LogP contribution in [0.5, 0.6) is 5.75 Å². The maximum Gasteiger partial charge on any atom is 0.277 e. The Labute approximate surface area is 207 Å². The number of phenols is 1. The number of aromatic amines is 1. The number of benzene rings is 2. The number of para-hydroxylation sites is 1. The van der Waals surface area contributed by atoms with Crippen molar-refractivity contribution in [1.29, 1.82) is 0 Å². The molecule has 2 aromatic carbocycles. The monoisotopic (exact) mass is 533 g/mol. The highest BCUT2D eigenvalue weighted by Gasteiger charge is 2.42. The third-order valence-electron chi connectivity index (χ3n) is 6.55. The van der Waals surface area contributed by atoms with E-state index in [9.17, 15) is 14.7 Å². The van der Waals surface area contributed by atoms with Crippen molar-refractivity contribution in [2.24, 2.45) is 0 Å². The van der Waals surface area contributed by atoms with E-state index in [1.54, 1.807) is 29.5 Å². The summed E-state index contributed by atoms with van der Waals surface area (Å²) in [4.78, 5) is 28.5. The molecule has 0 unspecified atom stereocenters. The Hall–Kier alpha value is -3.36. The number of allylic oxidation sites excluding steroid dienone is 2. The van der Waals surface area contributed by atoms with Gasteiger partial charge in [0, 0.05) is 38.5 Å². The summed E-state index contributed by atoms with van der Waals surface area (Å²) in [6, 6.07) is 18.5. The fourth-order valence-electron chi connectivity index (χ4n) is 5.04. The standard InChI is InChI=1S/C26H20BrN3O3S/c27-15-8-9-19(31)17(13-15)22-23-18(11-14(12-20(23)32)21-7-4-10-34-21)28-25-24(22)26(33)30(29-25)16-5-2-1-3-6-16/h1-10,13-14,22,28-29,31H,11-12H2/t14-,22-/m0/s1. The lowest BCUT2D eigenvalue weighted by molar-refractivity contribution is -0.116. The molecule has 0 bridgehead atoms. The molecule has 1 aliphatic heterocycles. The van der Waals surface area contributed by atoms with E-state index in [4.69, 9.17) is 0 Å². The summed E-state index contributed by atoms with van der Waals surface area (Å²) in [5.41, 5.74) is 2.76. The first-order valence-electron chi connectivity index (χ1n) is 11.0. The third kappa shape index (κ3) is 3.36. The average Bonchev–Trinajstić information content (AvgIpc) is 3.49. The minimum Gasteiger partial charge on any atom is -0.508 e. The lowest BCUT2D eigenvalue weighted by atomic mass is 9.73. The normalized spacial score (nSPS) is 19.5. The number of aromatic hydroxyl groups is 1. The van der Waals surface area contributed by atoms with Gasteiger partial charge in [0.15, 0.2) is 5.78 Å². The van der Waals surface area contributed by atoms with Gasteiger partial charge in [-0.25, -0.2) is 4.68 Å². The summed E-state index contributed by atoms with van der Waals surface area (Å²) in [5, 5.41) is 19.4. The molecule has 34 heavy (non-hydrogen) atoms. The predicted molar refractivity (Wildman–Crippen MR) is 136 cm³/mol. The second-order valence-corrected chi connectivity index (χ2v) is 10.5. The van der Waals surface area contributed by atoms with Gasteiger partial charge in [-0.3, -0.25) is 14.7 Å². The summed E-state index contributed by atoms with van der Waals surface area (Å²) in [6.07, 6.45) is 1.03. The average molecular weight is 534 g/mol. The number of nitrogens with one attached hydrogen (secondary N) is 2. The van der Waals surface area contributed by atoms with Gasteiger partial charge in [-0.1, -0.05) is 40.2 Å². The van der Waals surface area contributed by atoms with E-state index < -0.39 is 5.92 Å². The zero-order valence-electron chi connectivity index (χ0n) is 17.9. The quantitative estimate of drug-likeness (QED) is 0.317. The van der Waals surface area contributed by atoms with Crippen LogP contribution in [0.25, 0.3) is 5.69 Å². The molecule has 6 rings (SSSR count). The smallest absolute Gasteiger partial charge is 0.277 e. The maximum absolute atomic E-state index is 13.7. The van der Waals surface area contributed by atoms with E-state index in [0.717, 1.165) is 10.2 Å². The number of hydrogen-bond acceptors (Lipinski definition) is 5. The largest absolute Gasteiger partial charge is 0.508 e. The molecule has 1 aliphatic carbocycles. The van der Waals surface area contributed by atoms with E-state index in [0.29, 0.717) is 41.0 Å². The number of thiophene rings is 1. The lowest BCUT2D eigenvalue weighted by Gasteiger charge is -2.34. The molecule has 8 heteroatoms. The van der Waals surface area contributed by atoms with Gasteiger partial charge in [0.05, 0.1) is 17.2 Å². The van der Waals surface area contributed by atoms with Crippen LogP contribution in [0, 0.1) is 0 Å². The molecule has 0 saturated heterocycles. The first-order valence-corrected chi connectivity index (χ1v) is 12.6. The van der Waals surface area contributed by atoms with Crippen LogP contribution in [0.2, 0.25) is 0 Å². The number of carbonyl (C=O) groups excluding carboxylic acids is 1. The first kappa shape index (κ1) is 21.2. The van der Waals surface area contributed by atoms with Crippen molar-refractivity contribution in [3.05, 3.63) is 108 Å². The molecule has 170 valence electrons. The highest BCUT2D eigenvalue weighted by molar-refractivity contribution is 9.10. The molecule has 2 atom stereocenters. The molecule has 0 radical (unpaired) electrons. The van der Waals surface area contributed by atoms with Gasteiger partial charge in [-0.15, -0.1) is 11.3 Å². The fraction of sp³-hybridized carbons (Fsp3) is 0.154. The molecule has 6 nitrogen and oxygen atoms in total. The molecule has 3 heterocycles. The summed E-state index contributed by atoms with van der Waals surface area (Å²) in [5.74, 6) is 0.00724. The first-order chi connectivity index (χ1) is 16.5. The SMILES string of the molecule is O=C1C[C@@H](c2cccs2)CC2=C1[C@H](c1cc(Br)ccc1O)c1c([nH]n(-c3ccccc3)c1=O)N2. The van der Waals surface area contributed by atoms with Crippen LogP contribution < -0.4 is 10.9 Å². The number of halogens is 1. The summed E-state index contributed by atoms with van der Waals surface area (Å²) in [7, 11) is 0. The fourth-order valence-corrected chi connectivity index (χ4v) is 6.25. The molecule has 0 saturated carbocycles. The molecule has 0 spiro atoms. The van der Waals surface area contributed by atoms with Gasteiger partial charge in [0.25, 0.3) is 5.56 Å². The van der Waals surface area contributed by atoms with Crippen molar-refractivity contribution in [2.45, 2.75) is 24.7 Å². The lowest BCUT2D eigenvalue weighted by Crippen LogP contribution is -2.31. The summed E-state index contributed by atoms with van der Waals surface area (Å²) in [6.45, 7) is 0. The number of nitrogens with zero attached hydrogens (tertiary/aromatic N) is 1. The number of carbonyl (C=O) groups is 1. The van der Waals surface area contributed by atoms with Crippen LogP contribution in [0.4, 0.5) is 5.82 Å². The highest BCUT2D eigenvalue weighted by Crippen LogP contribution is 2.49. The van der Waals surface area contributed by atoms with Gasteiger partial charge in [0.1, 0.15) is 11.6 Å². The van der Waals surface area contributed by atoms with E-state index in [1.165, 1.54) is 9.56 Å². The molecule has 2 aromatic heterocycles. The van der Waals surface area contributed by atoms with E-state index in [-0.39, 0.29) is 23.0 Å². The van der Waals surface area contributed by atoms with Crippen molar-refractivity contribution in [3.63, 3.8) is 0 Å². The Kier molecular flexibility index (Phi) is 5.08. The van der Waals surface area contributed by atoms with Gasteiger partial charge in [0.2, 0.25) is 0 Å². The van der Waals surface area contributed by atoms with Gasteiger partial charge < -0.3 is 10.4 Å². The molecule has 3 N–H and O–H groups in total. The van der Waals surface area contributed by atoms with Crippen molar-refractivity contribution in [3.8, 4) is 11.4 Å². The third-order valence-corrected chi connectivity index (χ3v) is 8.08. The Morgan fingerprint density at radius 1 is 1.03 bits per heavy atom. The Balaban J connectivity index is 1.56. The van der Waals surface area contributed by atoms with E-state index in [2.05, 4.69) is 32.4 Å². The van der Waals surface area contributed by atoms with E-state index >= 15 is 0 Å². The van der Waals surface area contributed by atoms with Gasteiger partial charge in [-0.05, 0) is 48.2 Å². The van der Waals surface area contributed by atoms with Crippen LogP contribution in [-0.2, 0) is 4.79 Å². The number of hydrogen-bond donors (Lipinski definition) is 3. The number of Topliss-reactive ketones (excluding diaryl/α,β-unsaturated/α-hetero) is 1. The molecular formula is C26H20BrN3O3S. The van der Waals surface area contributed by atoms with Crippen LogP contribution in [0.3, 0.4) is 0 Å². The van der Waals surface area contributed by atoms with Gasteiger partial charge in [-0.2, -0.15) is 0 Å². The minimum atomic E-state index is -0.672. The van der Waals surface area contributed by atoms with Crippen LogP contribution in [0.1, 0.15) is 40.7 Å². The number of H-pyrrole nitrogens is 1. The van der Waals surface area contributed by atoms with Crippen molar-refractivity contribution >= 4 is 38.9 Å². The minimum absolute atomic E-state index is 0.00552. The number of anilines is 1. The summed E-state index contributed by atoms with van der Waals surface area (Å²) < 4.78 is 2.25.